The lowest BCUT2D eigenvalue weighted by molar-refractivity contribution is 0.368. The van der Waals surface area contributed by atoms with Gasteiger partial charge in [0.05, 0.1) is 14.2 Å². The first-order valence-electron chi connectivity index (χ1n) is 9.71. The van der Waals surface area contributed by atoms with Crippen molar-refractivity contribution < 1.29 is 9.47 Å². The Morgan fingerprint density at radius 1 is 1.19 bits per heavy atom. The zero-order chi connectivity index (χ0) is 19.1. The van der Waals surface area contributed by atoms with Crippen molar-refractivity contribution in [1.29, 1.82) is 0 Å². The fraction of sp³-hybridized carbons (Fsp3) is 0.565. The van der Waals surface area contributed by atoms with E-state index >= 15 is 0 Å². The van der Waals surface area contributed by atoms with E-state index in [0.29, 0.717) is 5.92 Å². The van der Waals surface area contributed by atoms with Gasteiger partial charge < -0.3 is 9.47 Å². The number of halogens is 1. The molecule has 0 unspecified atom stereocenters. The van der Waals surface area contributed by atoms with Crippen molar-refractivity contribution in [3.8, 4) is 11.5 Å². The van der Waals surface area contributed by atoms with Crippen LogP contribution in [-0.4, -0.2) is 19.5 Å². The average Bonchev–Trinajstić information content (AvgIpc) is 2.66. The number of ether oxygens (including phenoxy) is 2. The summed E-state index contributed by atoms with van der Waals surface area (Å²) in [5.74, 6) is 2.56. The Bertz CT molecular complexity index is 623. The molecule has 0 amide bonds. The summed E-state index contributed by atoms with van der Waals surface area (Å²) < 4.78 is 11.7. The summed E-state index contributed by atoms with van der Waals surface area (Å²) >= 11 is 3.63. The molecule has 3 heteroatoms. The maximum Gasteiger partial charge on any atom is 0.126 e. The summed E-state index contributed by atoms with van der Waals surface area (Å²) in [5, 5.41) is 0.923. The molecule has 1 aliphatic carbocycles. The molecule has 0 saturated carbocycles. The molecule has 144 valence electrons. The highest BCUT2D eigenvalue weighted by Crippen LogP contribution is 2.47. The maximum atomic E-state index is 5.83. The summed E-state index contributed by atoms with van der Waals surface area (Å²) in [6.45, 7) is 8.64. The van der Waals surface area contributed by atoms with Crippen molar-refractivity contribution in [3.05, 3.63) is 47.1 Å². The van der Waals surface area contributed by atoms with Gasteiger partial charge in [-0.1, -0.05) is 59.5 Å². The van der Waals surface area contributed by atoms with Crippen LogP contribution in [0.3, 0.4) is 0 Å². The van der Waals surface area contributed by atoms with Crippen LogP contribution in [0, 0.1) is 5.92 Å². The highest BCUT2D eigenvalue weighted by atomic mass is 79.9. The van der Waals surface area contributed by atoms with Crippen molar-refractivity contribution in [2.45, 2.75) is 58.3 Å². The number of rotatable bonds is 9. The highest BCUT2D eigenvalue weighted by molar-refractivity contribution is 9.09. The second-order valence-electron chi connectivity index (χ2n) is 7.35. The SMILES string of the molecule is C=C(C)[C@@H]1CCC(CBr)=C[C@H]1c1c(OC)cc(CCCCC)cc1OC. The largest absolute Gasteiger partial charge is 0.496 e. The van der Waals surface area contributed by atoms with Gasteiger partial charge in [0.15, 0.2) is 0 Å². The Labute approximate surface area is 167 Å². The smallest absolute Gasteiger partial charge is 0.126 e. The molecule has 2 atom stereocenters. The number of aryl methyl sites for hydroxylation is 1. The number of unbranched alkanes of at least 4 members (excludes halogenated alkanes) is 2. The van der Waals surface area contributed by atoms with Crippen LogP contribution in [0.1, 0.15) is 63.0 Å². The van der Waals surface area contributed by atoms with Gasteiger partial charge >= 0.3 is 0 Å². The summed E-state index contributed by atoms with van der Waals surface area (Å²) in [6.07, 6.45) is 9.40. The Balaban J connectivity index is 2.49. The number of hydrogen-bond donors (Lipinski definition) is 0. The Morgan fingerprint density at radius 3 is 2.35 bits per heavy atom. The quantitative estimate of drug-likeness (QED) is 0.247. The van der Waals surface area contributed by atoms with Crippen molar-refractivity contribution >= 4 is 15.9 Å². The average molecular weight is 421 g/mol. The molecule has 0 spiro atoms. The van der Waals surface area contributed by atoms with E-state index in [1.807, 2.05) is 0 Å². The highest BCUT2D eigenvalue weighted by Gasteiger charge is 2.31. The maximum absolute atomic E-state index is 5.83. The lowest BCUT2D eigenvalue weighted by Crippen LogP contribution is -2.19. The van der Waals surface area contributed by atoms with Gasteiger partial charge in [0.2, 0.25) is 0 Å². The van der Waals surface area contributed by atoms with Crippen LogP contribution in [0.15, 0.2) is 35.9 Å². The van der Waals surface area contributed by atoms with E-state index < -0.39 is 0 Å². The van der Waals surface area contributed by atoms with Gasteiger partial charge in [-0.25, -0.2) is 0 Å². The zero-order valence-electron chi connectivity index (χ0n) is 16.7. The Kier molecular flexibility index (Phi) is 8.27. The molecule has 0 fully saturated rings. The Hall–Kier alpha value is -1.22. The van der Waals surface area contributed by atoms with Crippen molar-refractivity contribution in [2.75, 3.05) is 19.5 Å². The van der Waals surface area contributed by atoms with Gasteiger partial charge in [-0.2, -0.15) is 0 Å². The van der Waals surface area contributed by atoms with E-state index in [2.05, 4.69) is 54.6 Å². The molecule has 0 saturated heterocycles. The topological polar surface area (TPSA) is 18.5 Å². The van der Waals surface area contributed by atoms with E-state index in [1.165, 1.54) is 41.5 Å². The predicted molar refractivity (Wildman–Crippen MR) is 115 cm³/mol. The molecule has 0 heterocycles. The van der Waals surface area contributed by atoms with E-state index in [1.54, 1.807) is 14.2 Å². The molecule has 0 aliphatic heterocycles. The zero-order valence-corrected chi connectivity index (χ0v) is 18.3. The van der Waals surface area contributed by atoms with Crippen LogP contribution < -0.4 is 9.47 Å². The number of hydrogen-bond acceptors (Lipinski definition) is 2. The van der Waals surface area contributed by atoms with Crippen LogP contribution in [0.4, 0.5) is 0 Å². The van der Waals surface area contributed by atoms with Crippen molar-refractivity contribution in [1.82, 2.24) is 0 Å². The minimum absolute atomic E-state index is 0.253. The molecular formula is C23H33BrO2. The molecule has 26 heavy (non-hydrogen) atoms. The fourth-order valence-electron chi connectivity index (χ4n) is 3.97. The third-order valence-corrected chi connectivity index (χ3v) is 6.16. The fourth-order valence-corrected chi connectivity index (χ4v) is 4.44. The summed E-state index contributed by atoms with van der Waals surface area (Å²) in [6, 6.07) is 4.42. The summed E-state index contributed by atoms with van der Waals surface area (Å²) in [5.41, 5.74) is 5.14. The monoisotopic (exact) mass is 420 g/mol. The first kappa shape index (κ1) is 21.1. The van der Waals surface area contributed by atoms with E-state index in [-0.39, 0.29) is 5.92 Å². The standard InChI is InChI=1S/C23H33BrO2/c1-6-7-8-9-17-13-21(25-4)23(22(14-17)26-5)20-12-18(15-24)10-11-19(20)16(2)3/h12-14,19-20H,2,6-11,15H2,1,3-5H3/t19-,20+/m0/s1. The van der Waals surface area contributed by atoms with Gasteiger partial charge in [0.25, 0.3) is 0 Å². The number of methoxy groups -OCH3 is 2. The molecule has 0 radical (unpaired) electrons. The lowest BCUT2D eigenvalue weighted by atomic mass is 9.73. The van der Waals surface area contributed by atoms with Gasteiger partial charge in [0, 0.05) is 16.8 Å². The number of allylic oxidation sites excluding steroid dienone is 3. The van der Waals surface area contributed by atoms with Crippen LogP contribution in [0.25, 0.3) is 0 Å². The minimum atomic E-state index is 0.253. The number of benzene rings is 1. The van der Waals surface area contributed by atoms with Gasteiger partial charge in [-0.05, 0) is 56.2 Å². The molecule has 1 aliphatic rings. The predicted octanol–water partition coefficient (Wildman–Crippen LogP) is 6.83. The first-order chi connectivity index (χ1) is 12.5. The molecular weight excluding hydrogens is 388 g/mol. The normalized spacial score (nSPS) is 19.8. The van der Waals surface area contributed by atoms with Crippen molar-refractivity contribution in [2.24, 2.45) is 5.92 Å². The van der Waals surface area contributed by atoms with Gasteiger partial charge in [0.1, 0.15) is 11.5 Å². The van der Waals surface area contributed by atoms with E-state index in [4.69, 9.17) is 9.47 Å². The van der Waals surface area contributed by atoms with E-state index in [9.17, 15) is 0 Å². The molecule has 0 N–H and O–H groups in total. The third kappa shape index (κ3) is 4.94. The van der Waals surface area contributed by atoms with Crippen LogP contribution in [-0.2, 0) is 6.42 Å². The molecule has 1 aromatic rings. The second-order valence-corrected chi connectivity index (χ2v) is 7.91. The molecule has 0 bridgehead atoms. The molecule has 2 rings (SSSR count). The molecule has 0 aromatic heterocycles. The second kappa shape index (κ2) is 10.2. The Morgan fingerprint density at radius 2 is 1.85 bits per heavy atom. The minimum Gasteiger partial charge on any atom is -0.496 e. The summed E-state index contributed by atoms with van der Waals surface area (Å²) in [7, 11) is 3.53. The summed E-state index contributed by atoms with van der Waals surface area (Å²) in [4.78, 5) is 0. The third-order valence-electron chi connectivity index (χ3n) is 5.44. The molecule has 2 nitrogen and oxygen atoms in total. The number of alkyl halides is 1. The lowest BCUT2D eigenvalue weighted by Gasteiger charge is -2.33. The first-order valence-corrected chi connectivity index (χ1v) is 10.8. The van der Waals surface area contributed by atoms with E-state index in [0.717, 1.165) is 36.1 Å². The molecule has 1 aromatic carbocycles. The van der Waals surface area contributed by atoms with Crippen molar-refractivity contribution in [3.63, 3.8) is 0 Å². The van der Waals surface area contributed by atoms with Crippen LogP contribution >= 0.6 is 15.9 Å². The van der Waals surface area contributed by atoms with Gasteiger partial charge in [-0.15, -0.1) is 0 Å². The van der Waals surface area contributed by atoms with Crippen LogP contribution in [0.5, 0.6) is 11.5 Å². The van der Waals surface area contributed by atoms with Gasteiger partial charge in [-0.3, -0.25) is 0 Å². The van der Waals surface area contributed by atoms with Crippen LogP contribution in [0.2, 0.25) is 0 Å².